The van der Waals surface area contributed by atoms with Crippen molar-refractivity contribution in [3.05, 3.63) is 16.1 Å². The molecule has 2 atom stereocenters. The van der Waals surface area contributed by atoms with E-state index in [2.05, 4.69) is 35.9 Å². The highest BCUT2D eigenvalue weighted by Gasteiger charge is 2.18. The lowest BCUT2D eigenvalue weighted by Gasteiger charge is -2.25. The third kappa shape index (κ3) is 3.22. The predicted molar refractivity (Wildman–Crippen MR) is 73.4 cm³/mol. The summed E-state index contributed by atoms with van der Waals surface area (Å²) in [6.07, 6.45) is 5.80. The maximum atomic E-state index is 4.50. The Morgan fingerprint density at radius 2 is 2.50 bits per heavy atom. The van der Waals surface area contributed by atoms with Gasteiger partial charge >= 0.3 is 0 Å². The zero-order valence-corrected chi connectivity index (χ0v) is 11.7. The fourth-order valence-electron chi connectivity index (χ4n) is 1.98. The first kappa shape index (κ1) is 12.4. The average Bonchev–Trinajstić information content (AvgIpc) is 2.79. The lowest BCUT2D eigenvalue weighted by Crippen LogP contribution is -2.35. The van der Waals surface area contributed by atoms with Crippen molar-refractivity contribution >= 4 is 23.1 Å². The van der Waals surface area contributed by atoms with Gasteiger partial charge in [0, 0.05) is 22.9 Å². The summed E-state index contributed by atoms with van der Waals surface area (Å²) in [5.41, 5.74) is 0. The van der Waals surface area contributed by atoms with Gasteiger partial charge in [-0.2, -0.15) is 11.8 Å². The molecule has 0 aliphatic carbocycles. The zero-order chi connectivity index (χ0) is 11.4. The number of rotatable bonds is 4. The number of hydrogen-bond acceptors (Lipinski definition) is 4. The van der Waals surface area contributed by atoms with E-state index in [0.717, 1.165) is 6.42 Å². The van der Waals surface area contributed by atoms with Crippen LogP contribution in [0.25, 0.3) is 0 Å². The van der Waals surface area contributed by atoms with Gasteiger partial charge in [0.05, 0.1) is 6.04 Å². The number of nitrogens with zero attached hydrogens (tertiary/aromatic N) is 1. The summed E-state index contributed by atoms with van der Waals surface area (Å²) in [5, 5.41) is 4.94. The van der Waals surface area contributed by atoms with E-state index in [1.807, 2.05) is 17.5 Å². The second kappa shape index (κ2) is 6.03. The fourth-order valence-corrected chi connectivity index (χ4v) is 3.94. The molecule has 2 nitrogen and oxygen atoms in total. The standard InChI is InChI=1S/C12H20N2S2/c1-3-11-7-13-12(16-11)9(2)14-10-5-4-6-15-8-10/h7,9-10,14H,3-6,8H2,1-2H3. The normalized spacial score (nSPS) is 23.2. The molecule has 2 unspecified atom stereocenters. The number of hydrogen-bond donors (Lipinski definition) is 1. The van der Waals surface area contributed by atoms with E-state index < -0.39 is 0 Å². The van der Waals surface area contributed by atoms with Crippen LogP contribution in [0.15, 0.2) is 6.20 Å². The largest absolute Gasteiger partial charge is 0.305 e. The molecule has 0 radical (unpaired) electrons. The first-order valence-electron chi connectivity index (χ1n) is 6.08. The van der Waals surface area contributed by atoms with E-state index in [1.54, 1.807) is 0 Å². The summed E-state index contributed by atoms with van der Waals surface area (Å²) in [6, 6.07) is 1.09. The molecule has 0 bridgehead atoms. The maximum absolute atomic E-state index is 4.50. The smallest absolute Gasteiger partial charge is 0.109 e. The van der Waals surface area contributed by atoms with Crippen LogP contribution >= 0.6 is 23.1 Å². The Balaban J connectivity index is 1.88. The summed E-state index contributed by atoms with van der Waals surface area (Å²) in [6.45, 7) is 4.42. The van der Waals surface area contributed by atoms with Crippen molar-refractivity contribution in [3.8, 4) is 0 Å². The number of aryl methyl sites for hydroxylation is 1. The summed E-state index contributed by atoms with van der Waals surface area (Å²) >= 11 is 3.92. The lowest BCUT2D eigenvalue weighted by molar-refractivity contribution is 0.451. The Hall–Kier alpha value is -0.0600. The molecular weight excluding hydrogens is 236 g/mol. The molecule has 1 aromatic rings. The molecular formula is C12H20N2S2. The molecule has 1 fully saturated rings. The molecule has 2 rings (SSSR count). The van der Waals surface area contributed by atoms with Gasteiger partial charge in [0.15, 0.2) is 0 Å². The Labute approximate surface area is 106 Å². The molecule has 0 saturated carbocycles. The third-order valence-corrected chi connectivity index (χ3v) is 5.48. The third-order valence-electron chi connectivity index (χ3n) is 2.94. The molecule has 0 amide bonds. The highest BCUT2D eigenvalue weighted by molar-refractivity contribution is 7.99. The van der Waals surface area contributed by atoms with Crippen LogP contribution in [0.5, 0.6) is 0 Å². The Kier molecular flexibility index (Phi) is 4.67. The molecule has 1 saturated heterocycles. The molecule has 0 aromatic carbocycles. The summed E-state index contributed by atoms with van der Waals surface area (Å²) in [7, 11) is 0. The van der Waals surface area contributed by atoms with E-state index in [9.17, 15) is 0 Å². The molecule has 1 N–H and O–H groups in total. The minimum atomic E-state index is 0.411. The molecule has 16 heavy (non-hydrogen) atoms. The summed E-state index contributed by atoms with van der Waals surface area (Å²) in [5.74, 6) is 2.60. The first-order chi connectivity index (χ1) is 7.79. The molecule has 90 valence electrons. The van der Waals surface area contributed by atoms with Crippen molar-refractivity contribution < 1.29 is 0 Å². The van der Waals surface area contributed by atoms with E-state index in [1.165, 1.54) is 34.2 Å². The zero-order valence-electron chi connectivity index (χ0n) is 10.0. The second-order valence-corrected chi connectivity index (χ2v) is 6.62. The minimum Gasteiger partial charge on any atom is -0.305 e. The second-order valence-electron chi connectivity index (χ2n) is 4.32. The van der Waals surface area contributed by atoms with E-state index >= 15 is 0 Å². The number of aromatic nitrogens is 1. The number of thiazole rings is 1. The average molecular weight is 256 g/mol. The van der Waals surface area contributed by atoms with Crippen LogP contribution in [0.1, 0.15) is 42.6 Å². The van der Waals surface area contributed by atoms with Gasteiger partial charge in [-0.05, 0) is 31.9 Å². The molecule has 1 aliphatic heterocycles. The summed E-state index contributed by atoms with van der Waals surface area (Å²) in [4.78, 5) is 5.89. The molecule has 1 aliphatic rings. The summed E-state index contributed by atoms with van der Waals surface area (Å²) < 4.78 is 0. The van der Waals surface area contributed by atoms with Crippen molar-refractivity contribution in [2.45, 2.75) is 45.2 Å². The quantitative estimate of drug-likeness (QED) is 0.895. The van der Waals surface area contributed by atoms with Gasteiger partial charge in [-0.25, -0.2) is 4.98 Å². The maximum Gasteiger partial charge on any atom is 0.109 e. The van der Waals surface area contributed by atoms with E-state index in [-0.39, 0.29) is 0 Å². The van der Waals surface area contributed by atoms with Gasteiger partial charge in [0.2, 0.25) is 0 Å². The van der Waals surface area contributed by atoms with Gasteiger partial charge in [0.1, 0.15) is 5.01 Å². The Bertz CT molecular complexity index is 319. The van der Waals surface area contributed by atoms with Crippen LogP contribution in [-0.2, 0) is 6.42 Å². The van der Waals surface area contributed by atoms with Crippen molar-refractivity contribution in [1.82, 2.24) is 10.3 Å². The van der Waals surface area contributed by atoms with E-state index in [0.29, 0.717) is 12.1 Å². The van der Waals surface area contributed by atoms with Crippen LogP contribution in [0.3, 0.4) is 0 Å². The highest BCUT2D eigenvalue weighted by atomic mass is 32.2. The SMILES string of the molecule is CCc1cnc(C(C)NC2CCCSC2)s1. The predicted octanol–water partition coefficient (Wildman–Crippen LogP) is 3.25. The van der Waals surface area contributed by atoms with Crippen LogP contribution in [-0.4, -0.2) is 22.5 Å². The number of nitrogens with one attached hydrogen (secondary N) is 1. The number of thioether (sulfide) groups is 1. The topological polar surface area (TPSA) is 24.9 Å². The molecule has 1 aromatic heterocycles. The van der Waals surface area contributed by atoms with Gasteiger partial charge in [-0.3, -0.25) is 0 Å². The Morgan fingerprint density at radius 1 is 1.62 bits per heavy atom. The van der Waals surface area contributed by atoms with Crippen LogP contribution in [0, 0.1) is 0 Å². The van der Waals surface area contributed by atoms with Gasteiger partial charge in [-0.15, -0.1) is 11.3 Å². The monoisotopic (exact) mass is 256 g/mol. The van der Waals surface area contributed by atoms with Crippen LogP contribution < -0.4 is 5.32 Å². The van der Waals surface area contributed by atoms with Crippen molar-refractivity contribution in [1.29, 1.82) is 0 Å². The first-order valence-corrected chi connectivity index (χ1v) is 8.05. The molecule has 2 heterocycles. The van der Waals surface area contributed by atoms with Gasteiger partial charge < -0.3 is 5.32 Å². The fraction of sp³-hybridized carbons (Fsp3) is 0.750. The minimum absolute atomic E-state index is 0.411. The van der Waals surface area contributed by atoms with Crippen molar-refractivity contribution in [2.24, 2.45) is 0 Å². The van der Waals surface area contributed by atoms with Crippen LogP contribution in [0.4, 0.5) is 0 Å². The van der Waals surface area contributed by atoms with E-state index in [4.69, 9.17) is 0 Å². The molecule has 4 heteroatoms. The van der Waals surface area contributed by atoms with Crippen molar-refractivity contribution in [2.75, 3.05) is 11.5 Å². The van der Waals surface area contributed by atoms with Gasteiger partial charge in [-0.1, -0.05) is 6.92 Å². The molecule has 0 spiro atoms. The van der Waals surface area contributed by atoms with Crippen LogP contribution in [0.2, 0.25) is 0 Å². The highest BCUT2D eigenvalue weighted by Crippen LogP contribution is 2.23. The van der Waals surface area contributed by atoms with Crippen molar-refractivity contribution in [3.63, 3.8) is 0 Å². The Morgan fingerprint density at radius 3 is 3.12 bits per heavy atom. The lowest BCUT2D eigenvalue weighted by atomic mass is 10.1. The van der Waals surface area contributed by atoms with Gasteiger partial charge in [0.25, 0.3) is 0 Å².